The third kappa shape index (κ3) is 5.71. The van der Waals surface area contributed by atoms with E-state index in [2.05, 4.69) is 30.0 Å². The molecule has 2 aromatic heterocycles. The smallest absolute Gasteiger partial charge is 0.352 e. The van der Waals surface area contributed by atoms with E-state index in [-0.39, 0.29) is 22.4 Å². The Bertz CT molecular complexity index is 1250. The van der Waals surface area contributed by atoms with E-state index in [1.807, 2.05) is 4.57 Å². The summed E-state index contributed by atoms with van der Waals surface area (Å²) in [5.41, 5.74) is 5.83. The molecule has 18 heteroatoms. The van der Waals surface area contributed by atoms with Gasteiger partial charge >= 0.3 is 5.97 Å². The number of nitrogen functional groups attached to an aromatic ring is 1. The number of rotatable bonds is 12. The number of carbonyl (C=O) groups is 3. The lowest BCUT2D eigenvalue weighted by molar-refractivity contribution is -0.150. The Balaban J connectivity index is 1.45. The van der Waals surface area contributed by atoms with Gasteiger partial charge in [-0.25, -0.2) is 4.79 Å². The third-order valence-corrected chi connectivity index (χ3v) is 8.24. The number of methoxy groups -OCH3 is 1. The monoisotopic (exact) mass is 569 g/mol. The highest BCUT2D eigenvalue weighted by Crippen LogP contribution is 2.41. The van der Waals surface area contributed by atoms with Crippen LogP contribution in [0.2, 0.25) is 0 Å². The van der Waals surface area contributed by atoms with Crippen molar-refractivity contribution >= 4 is 63.7 Å². The van der Waals surface area contributed by atoms with Crippen LogP contribution in [0, 0.1) is 0 Å². The molecular weight excluding hydrogens is 546 g/mol. The number of carbonyl (C=O) groups excluding carboxylic acids is 2. The van der Waals surface area contributed by atoms with E-state index >= 15 is 0 Å². The molecule has 0 aliphatic carbocycles. The fourth-order valence-corrected chi connectivity index (χ4v) is 6.51. The van der Waals surface area contributed by atoms with Crippen molar-refractivity contribution in [3.8, 4) is 0 Å². The minimum absolute atomic E-state index is 0.0396. The number of ether oxygens (including phenoxy) is 1. The molecule has 2 aliphatic heterocycles. The first-order valence-electron chi connectivity index (χ1n) is 10.8. The van der Waals surface area contributed by atoms with Gasteiger partial charge in [-0.05, 0) is 12.0 Å². The van der Waals surface area contributed by atoms with E-state index in [1.54, 1.807) is 13.4 Å². The number of nitrogens with two attached hydrogens (primary N) is 1. The molecule has 0 spiro atoms. The average molecular weight is 570 g/mol. The Kier molecular flexibility index (Phi) is 8.62. The first-order chi connectivity index (χ1) is 17.8. The van der Waals surface area contributed by atoms with Gasteiger partial charge in [0.2, 0.25) is 11.5 Å². The van der Waals surface area contributed by atoms with Crippen LogP contribution >= 0.6 is 35.1 Å². The van der Waals surface area contributed by atoms with E-state index in [1.165, 1.54) is 35.5 Å². The standard InChI is InChI=1S/C19H23N9O6S3/c1-33-5-3-4-27-8-21-24-19(27)36-7-9-6-35-16-11(15(30)28(16)12(9)17(31)32)22-14(29)10(25-34-2)13-23-18(20)37-26-13/h8,11,16H,3-7H2,1-2H3,(H,22,29)(H,31,32)(H2,20,23,26)/b25-10+/t11?,16-/m1/s1. The van der Waals surface area contributed by atoms with Crippen LogP contribution in [0.25, 0.3) is 0 Å². The number of thioether (sulfide) groups is 2. The highest BCUT2D eigenvalue weighted by molar-refractivity contribution is 8.01. The van der Waals surface area contributed by atoms with Crippen LogP contribution in [-0.4, -0.2) is 101 Å². The van der Waals surface area contributed by atoms with Crippen LogP contribution in [0.3, 0.4) is 0 Å². The summed E-state index contributed by atoms with van der Waals surface area (Å²) < 4.78 is 10.9. The highest BCUT2D eigenvalue weighted by Gasteiger charge is 2.54. The second-order valence-corrected chi connectivity index (χ2v) is 10.5. The van der Waals surface area contributed by atoms with Crippen molar-refractivity contribution in [2.45, 2.75) is 29.5 Å². The summed E-state index contributed by atoms with van der Waals surface area (Å²) in [5, 5.41) is 24.4. The number of carboxylic acid groups (broad SMARTS) is 1. The lowest BCUT2D eigenvalue weighted by Gasteiger charge is -2.49. The molecule has 0 radical (unpaired) electrons. The number of nitrogens with one attached hydrogen (secondary N) is 1. The minimum atomic E-state index is -1.22. The number of anilines is 1. The highest BCUT2D eigenvalue weighted by atomic mass is 32.2. The zero-order valence-corrected chi connectivity index (χ0v) is 22.1. The maximum absolute atomic E-state index is 13.0. The summed E-state index contributed by atoms with van der Waals surface area (Å²) >= 11 is 3.58. The molecule has 0 aromatic carbocycles. The molecule has 2 amide bonds. The molecule has 4 N–H and O–H groups in total. The normalized spacial score (nSPS) is 19.5. The van der Waals surface area contributed by atoms with E-state index < -0.39 is 29.2 Å². The van der Waals surface area contributed by atoms with Gasteiger partial charge in [-0.3, -0.25) is 14.5 Å². The van der Waals surface area contributed by atoms with E-state index in [0.29, 0.717) is 35.4 Å². The van der Waals surface area contributed by atoms with Crippen LogP contribution < -0.4 is 11.1 Å². The molecule has 1 fully saturated rings. The summed E-state index contributed by atoms with van der Waals surface area (Å²) in [7, 11) is 2.88. The number of amides is 2. The summed E-state index contributed by atoms with van der Waals surface area (Å²) in [6, 6.07) is -0.956. The summed E-state index contributed by atoms with van der Waals surface area (Å²) in [6.07, 6.45) is 2.39. The Hall–Kier alpha value is -3.22. The zero-order chi connectivity index (χ0) is 26.5. The van der Waals surface area contributed by atoms with Crippen LogP contribution in [0.4, 0.5) is 5.13 Å². The predicted octanol–water partition coefficient (Wildman–Crippen LogP) is -0.370. The summed E-state index contributed by atoms with van der Waals surface area (Å²) in [6.45, 7) is 1.25. The molecule has 4 rings (SSSR count). The van der Waals surface area contributed by atoms with Gasteiger partial charge in [0.25, 0.3) is 11.8 Å². The lowest BCUT2D eigenvalue weighted by Crippen LogP contribution is -2.71. The van der Waals surface area contributed by atoms with Crippen molar-refractivity contribution in [3.05, 3.63) is 23.4 Å². The second kappa shape index (κ2) is 11.9. The van der Waals surface area contributed by atoms with Gasteiger partial charge < -0.3 is 30.3 Å². The Morgan fingerprint density at radius 1 is 1.41 bits per heavy atom. The number of hydrogen-bond donors (Lipinski definition) is 3. The SMILES string of the molecule is COCCCn1cnnc1SCC1=C(C(=O)O)N2C(=O)C(NC(=O)/C(=N/OC)c3nsc(N)n3)[C@H]2SC1. The Morgan fingerprint density at radius 3 is 2.89 bits per heavy atom. The number of oxime groups is 1. The molecule has 15 nitrogen and oxygen atoms in total. The van der Waals surface area contributed by atoms with Gasteiger partial charge in [0, 0.05) is 43.3 Å². The molecular formula is C19H23N9O6S3. The predicted molar refractivity (Wildman–Crippen MR) is 135 cm³/mol. The van der Waals surface area contributed by atoms with Crippen LogP contribution in [0.5, 0.6) is 0 Å². The molecule has 0 saturated carbocycles. The van der Waals surface area contributed by atoms with Gasteiger partial charge in [-0.2, -0.15) is 9.36 Å². The molecule has 198 valence electrons. The van der Waals surface area contributed by atoms with Crippen LogP contribution in [-0.2, 0) is 30.5 Å². The van der Waals surface area contributed by atoms with Crippen molar-refractivity contribution < 1.29 is 29.1 Å². The maximum Gasteiger partial charge on any atom is 0.352 e. The maximum atomic E-state index is 13.0. The van der Waals surface area contributed by atoms with Gasteiger partial charge in [-0.15, -0.1) is 22.0 Å². The Labute approximate surface area is 223 Å². The van der Waals surface area contributed by atoms with E-state index in [9.17, 15) is 19.5 Å². The number of nitrogens with zero attached hydrogens (tertiary/aromatic N) is 7. The topological polar surface area (TPSA) is 200 Å². The summed E-state index contributed by atoms with van der Waals surface area (Å²) in [5.74, 6) is -1.88. The van der Waals surface area contributed by atoms with Crippen molar-refractivity contribution in [2.24, 2.45) is 5.16 Å². The van der Waals surface area contributed by atoms with E-state index in [4.69, 9.17) is 15.3 Å². The average Bonchev–Trinajstić information content (AvgIpc) is 3.52. The van der Waals surface area contributed by atoms with Gasteiger partial charge in [0.1, 0.15) is 30.5 Å². The van der Waals surface area contributed by atoms with Crippen LogP contribution in [0.15, 0.2) is 27.9 Å². The number of β-lactam (4-membered cyclic amide) rings is 1. The van der Waals surface area contributed by atoms with Crippen molar-refractivity contribution in [2.75, 3.05) is 38.1 Å². The minimum Gasteiger partial charge on any atom is -0.477 e. The number of aryl methyl sites for hydroxylation is 1. The van der Waals surface area contributed by atoms with Crippen molar-refractivity contribution in [1.82, 2.24) is 34.3 Å². The third-order valence-electron chi connectivity index (χ3n) is 5.29. The van der Waals surface area contributed by atoms with E-state index in [0.717, 1.165) is 18.0 Å². The molecule has 2 aliphatic rings. The van der Waals surface area contributed by atoms with Crippen molar-refractivity contribution in [1.29, 1.82) is 0 Å². The number of aliphatic carboxylic acids is 1. The molecule has 4 heterocycles. The fourth-order valence-electron chi connectivity index (χ4n) is 3.65. The van der Waals surface area contributed by atoms with Gasteiger partial charge in [-0.1, -0.05) is 16.9 Å². The largest absolute Gasteiger partial charge is 0.477 e. The number of aromatic nitrogens is 5. The quantitative estimate of drug-likeness (QED) is 0.0984. The fraction of sp³-hybridized carbons (Fsp3) is 0.474. The molecule has 2 atom stereocenters. The van der Waals surface area contributed by atoms with Crippen molar-refractivity contribution in [3.63, 3.8) is 0 Å². The first kappa shape index (κ1) is 26.8. The lowest BCUT2D eigenvalue weighted by atomic mass is 10.0. The molecule has 1 saturated heterocycles. The first-order valence-corrected chi connectivity index (χ1v) is 13.6. The number of carboxylic acids is 1. The molecule has 37 heavy (non-hydrogen) atoms. The Morgan fingerprint density at radius 2 is 2.22 bits per heavy atom. The molecule has 2 aromatic rings. The second-order valence-electron chi connectivity index (χ2n) is 7.64. The van der Waals surface area contributed by atoms with Crippen LogP contribution in [0.1, 0.15) is 12.2 Å². The van der Waals surface area contributed by atoms with Gasteiger partial charge in [0.05, 0.1) is 0 Å². The summed E-state index contributed by atoms with van der Waals surface area (Å²) in [4.78, 5) is 47.8. The molecule has 0 bridgehead atoms. The number of hydrogen-bond acceptors (Lipinski definition) is 14. The zero-order valence-electron chi connectivity index (χ0n) is 19.7. The molecule has 1 unspecified atom stereocenters. The number of fused-ring (bicyclic) bond motifs is 1. The van der Waals surface area contributed by atoms with Gasteiger partial charge in [0.15, 0.2) is 10.3 Å².